The zero-order chi connectivity index (χ0) is 15.7. The van der Waals surface area contributed by atoms with Crippen LogP contribution in [0.4, 0.5) is 8.78 Å². The number of halogens is 2. The molecule has 0 aliphatic carbocycles. The minimum atomic E-state index is -0.736. The van der Waals surface area contributed by atoms with Gasteiger partial charge in [0.2, 0.25) is 0 Å². The molecule has 2 aromatic carbocycles. The monoisotopic (exact) mass is 300 g/mol. The number of benzene rings is 2. The Bertz CT molecular complexity index is 792. The van der Waals surface area contributed by atoms with Crippen LogP contribution in [0.25, 0.3) is 11.8 Å². The Hall–Kier alpha value is -2.62. The van der Waals surface area contributed by atoms with E-state index >= 15 is 0 Å². The van der Waals surface area contributed by atoms with Crippen LogP contribution in [0.3, 0.4) is 0 Å². The molecule has 3 rings (SSSR count). The Labute approximate surface area is 127 Å². The van der Waals surface area contributed by atoms with Gasteiger partial charge >= 0.3 is 0 Å². The molecule has 0 bridgehead atoms. The van der Waals surface area contributed by atoms with Crippen molar-refractivity contribution in [2.45, 2.75) is 13.8 Å². The molecule has 0 spiro atoms. The third kappa shape index (κ3) is 2.86. The van der Waals surface area contributed by atoms with E-state index in [2.05, 4.69) is 0 Å². The van der Waals surface area contributed by atoms with Gasteiger partial charge in [-0.15, -0.1) is 0 Å². The summed E-state index contributed by atoms with van der Waals surface area (Å²) >= 11 is 0. The van der Waals surface area contributed by atoms with Crippen LogP contribution in [-0.4, -0.2) is 0 Å². The molecule has 2 nitrogen and oxygen atoms in total. The Morgan fingerprint density at radius 3 is 2.41 bits per heavy atom. The van der Waals surface area contributed by atoms with Crippen molar-refractivity contribution < 1.29 is 18.3 Å². The van der Waals surface area contributed by atoms with E-state index in [4.69, 9.17) is 9.47 Å². The maximum Gasteiger partial charge on any atom is 0.172 e. The lowest BCUT2D eigenvalue weighted by Crippen LogP contribution is -1.92. The quantitative estimate of drug-likeness (QED) is 0.742. The molecule has 0 fully saturated rings. The molecule has 2 aromatic rings. The van der Waals surface area contributed by atoms with Crippen molar-refractivity contribution in [2.24, 2.45) is 0 Å². The summed E-state index contributed by atoms with van der Waals surface area (Å²) in [6.07, 6.45) is 3.72. The fraction of sp³-hybridized carbons (Fsp3) is 0.111. The predicted molar refractivity (Wildman–Crippen MR) is 81.3 cm³/mol. The highest BCUT2D eigenvalue weighted by molar-refractivity contribution is 5.74. The third-order valence-electron chi connectivity index (χ3n) is 3.27. The second-order valence-corrected chi connectivity index (χ2v) is 4.92. The topological polar surface area (TPSA) is 21.8 Å². The molecular weight excluding hydrogens is 286 g/mol. The number of hydrogen-bond donors (Lipinski definition) is 0. The van der Waals surface area contributed by atoms with Crippen LogP contribution in [-0.2, 0) is 4.74 Å². The molecule has 0 aromatic heterocycles. The third-order valence-corrected chi connectivity index (χ3v) is 3.27. The van der Waals surface area contributed by atoms with Crippen molar-refractivity contribution >= 4 is 11.8 Å². The van der Waals surface area contributed by atoms with E-state index in [-0.39, 0.29) is 5.75 Å². The normalized spacial score (nSPS) is 13.5. The molecule has 0 atom stereocenters. The number of rotatable bonds is 4. The highest BCUT2D eigenvalue weighted by atomic mass is 19.1. The van der Waals surface area contributed by atoms with E-state index in [1.165, 1.54) is 6.07 Å². The van der Waals surface area contributed by atoms with Crippen LogP contribution < -0.4 is 4.74 Å². The maximum absolute atomic E-state index is 13.7. The lowest BCUT2D eigenvalue weighted by atomic mass is 10.1. The summed E-state index contributed by atoms with van der Waals surface area (Å²) in [5, 5.41) is 0. The fourth-order valence-electron chi connectivity index (χ4n) is 2.16. The highest BCUT2D eigenvalue weighted by Gasteiger charge is 2.22. The molecule has 0 saturated carbocycles. The van der Waals surface area contributed by atoms with E-state index in [9.17, 15) is 8.78 Å². The van der Waals surface area contributed by atoms with Crippen molar-refractivity contribution in [3.8, 4) is 11.5 Å². The second-order valence-electron chi connectivity index (χ2n) is 4.92. The molecular formula is C18H14F2O2. The Kier molecular flexibility index (Phi) is 3.67. The SMILES string of the molecule is C/C=C\c1cc(C2=C(C)O2)ccc1Oc1ccc(F)cc1F. The van der Waals surface area contributed by atoms with Gasteiger partial charge in [-0.05, 0) is 44.2 Å². The number of ether oxygens (including phenoxy) is 2. The summed E-state index contributed by atoms with van der Waals surface area (Å²) in [7, 11) is 0. The molecule has 1 aliphatic heterocycles. The molecule has 1 heterocycles. The van der Waals surface area contributed by atoms with Crippen molar-refractivity contribution in [1.29, 1.82) is 0 Å². The van der Waals surface area contributed by atoms with Crippen molar-refractivity contribution in [3.63, 3.8) is 0 Å². The number of hydrogen-bond acceptors (Lipinski definition) is 2. The lowest BCUT2D eigenvalue weighted by molar-refractivity contribution is 0.437. The van der Waals surface area contributed by atoms with Gasteiger partial charge in [0.1, 0.15) is 17.3 Å². The van der Waals surface area contributed by atoms with Crippen LogP contribution in [0.1, 0.15) is 25.0 Å². The molecule has 1 aliphatic rings. The van der Waals surface area contributed by atoms with E-state index in [0.29, 0.717) is 5.75 Å². The summed E-state index contributed by atoms with van der Waals surface area (Å²) in [5.41, 5.74) is 1.73. The van der Waals surface area contributed by atoms with Gasteiger partial charge in [0.15, 0.2) is 17.3 Å². The van der Waals surface area contributed by atoms with Gasteiger partial charge in [0.05, 0.1) is 0 Å². The summed E-state index contributed by atoms with van der Waals surface area (Å²) in [6, 6.07) is 8.72. The number of allylic oxidation sites excluding steroid dienone is 2. The minimum absolute atomic E-state index is 0.0158. The van der Waals surface area contributed by atoms with Crippen LogP contribution in [0.2, 0.25) is 0 Å². The van der Waals surface area contributed by atoms with Crippen molar-refractivity contribution in [3.05, 3.63) is 71.0 Å². The Balaban J connectivity index is 1.95. The molecule has 0 unspecified atom stereocenters. The molecule has 112 valence electrons. The van der Waals surface area contributed by atoms with E-state index in [1.807, 2.05) is 38.1 Å². The molecule has 0 saturated heterocycles. The lowest BCUT2D eigenvalue weighted by Gasteiger charge is -2.10. The van der Waals surface area contributed by atoms with E-state index in [0.717, 1.165) is 34.8 Å². The van der Waals surface area contributed by atoms with Crippen LogP contribution in [0.15, 0.2) is 48.2 Å². The first kappa shape index (κ1) is 14.3. The molecule has 4 heteroatoms. The van der Waals surface area contributed by atoms with Gasteiger partial charge < -0.3 is 9.47 Å². The largest absolute Gasteiger partial charge is 0.454 e. The minimum Gasteiger partial charge on any atom is -0.454 e. The first-order valence-electron chi connectivity index (χ1n) is 6.87. The van der Waals surface area contributed by atoms with Gasteiger partial charge in [0, 0.05) is 17.2 Å². The fourth-order valence-corrected chi connectivity index (χ4v) is 2.16. The molecule has 0 N–H and O–H groups in total. The second kappa shape index (κ2) is 5.64. The summed E-state index contributed by atoms with van der Waals surface area (Å²) in [4.78, 5) is 0. The van der Waals surface area contributed by atoms with Crippen LogP contribution >= 0.6 is 0 Å². The van der Waals surface area contributed by atoms with Gasteiger partial charge in [-0.3, -0.25) is 0 Å². The average molecular weight is 300 g/mol. The van der Waals surface area contributed by atoms with Crippen molar-refractivity contribution in [2.75, 3.05) is 0 Å². The maximum atomic E-state index is 13.7. The van der Waals surface area contributed by atoms with Gasteiger partial charge in [-0.2, -0.15) is 0 Å². The first-order chi connectivity index (χ1) is 10.6. The van der Waals surface area contributed by atoms with E-state index < -0.39 is 11.6 Å². The predicted octanol–water partition coefficient (Wildman–Crippen LogP) is 5.51. The summed E-state index contributed by atoms with van der Waals surface area (Å²) < 4.78 is 37.5. The van der Waals surface area contributed by atoms with Gasteiger partial charge in [0.25, 0.3) is 0 Å². The molecule has 22 heavy (non-hydrogen) atoms. The summed E-state index contributed by atoms with van der Waals surface area (Å²) in [6.45, 7) is 3.77. The molecule has 0 amide bonds. The standard InChI is InChI=1S/C18H14F2O2/c1-3-4-12-9-13(18-11(2)21-18)5-7-16(12)22-17-8-6-14(19)10-15(17)20/h3-10H,1-2H3/b4-3-. The Morgan fingerprint density at radius 1 is 1.05 bits per heavy atom. The van der Waals surface area contributed by atoms with E-state index in [1.54, 1.807) is 6.07 Å². The van der Waals surface area contributed by atoms with Crippen LogP contribution in [0.5, 0.6) is 11.5 Å². The van der Waals surface area contributed by atoms with Crippen LogP contribution in [0, 0.1) is 11.6 Å². The zero-order valence-corrected chi connectivity index (χ0v) is 12.2. The zero-order valence-electron chi connectivity index (χ0n) is 12.2. The molecule has 0 radical (unpaired) electrons. The first-order valence-corrected chi connectivity index (χ1v) is 6.87. The van der Waals surface area contributed by atoms with Crippen molar-refractivity contribution in [1.82, 2.24) is 0 Å². The average Bonchev–Trinajstić information content (AvgIpc) is 3.21. The summed E-state index contributed by atoms with van der Waals surface area (Å²) in [5.74, 6) is 0.848. The van der Waals surface area contributed by atoms with Gasteiger partial charge in [-0.1, -0.05) is 12.2 Å². The highest BCUT2D eigenvalue weighted by Crippen LogP contribution is 2.38. The smallest absolute Gasteiger partial charge is 0.172 e. The van der Waals surface area contributed by atoms with Gasteiger partial charge in [-0.25, -0.2) is 8.78 Å². The Morgan fingerprint density at radius 2 is 1.77 bits per heavy atom.